The Kier molecular flexibility index (Phi) is 4.05. The van der Waals surface area contributed by atoms with E-state index in [1.54, 1.807) is 25.1 Å². The number of aliphatic carboxylic acids is 1. The van der Waals surface area contributed by atoms with Crippen LogP contribution in [-0.2, 0) is 22.4 Å². The third-order valence-electron chi connectivity index (χ3n) is 2.35. The molecule has 0 aliphatic carbocycles. The molecule has 1 aromatic carbocycles. The normalized spacial score (nSPS) is 12.1. The van der Waals surface area contributed by atoms with Gasteiger partial charge in [0.1, 0.15) is 6.29 Å². The summed E-state index contributed by atoms with van der Waals surface area (Å²) in [5.74, 6) is -1.01. The quantitative estimate of drug-likeness (QED) is 0.579. The summed E-state index contributed by atoms with van der Waals surface area (Å²) in [7, 11) is 0. The van der Waals surface area contributed by atoms with Gasteiger partial charge in [0.05, 0.1) is 6.42 Å². The number of nitrogens with two attached hydrogens (primary N) is 1. The van der Waals surface area contributed by atoms with E-state index >= 15 is 0 Å². The molecule has 0 bridgehead atoms. The summed E-state index contributed by atoms with van der Waals surface area (Å²) in [5.41, 5.74) is 7.70. The molecule has 3 N–H and O–H groups in total. The van der Waals surface area contributed by atoms with Crippen LogP contribution in [0.5, 0.6) is 0 Å². The van der Waals surface area contributed by atoms with Gasteiger partial charge in [-0.25, -0.2) is 0 Å². The number of aldehydes is 1. The molecule has 4 heteroatoms. The molecule has 0 radical (unpaired) electrons. The maximum atomic E-state index is 10.7. The number of benzene rings is 1. The average Bonchev–Trinajstić information content (AvgIpc) is 2.21. The fourth-order valence-electron chi connectivity index (χ4n) is 1.57. The van der Waals surface area contributed by atoms with E-state index in [1.165, 1.54) is 0 Å². The number of rotatable bonds is 5. The zero-order chi connectivity index (χ0) is 12.1. The molecule has 1 aromatic rings. The van der Waals surface area contributed by atoms with Gasteiger partial charge < -0.3 is 15.6 Å². The molecular weight excluding hydrogens is 206 g/mol. The van der Waals surface area contributed by atoms with Gasteiger partial charge in [-0.1, -0.05) is 13.0 Å². The van der Waals surface area contributed by atoms with E-state index in [1.807, 2.05) is 0 Å². The van der Waals surface area contributed by atoms with Gasteiger partial charge in [0, 0.05) is 11.6 Å². The highest BCUT2D eigenvalue weighted by atomic mass is 16.4. The summed E-state index contributed by atoms with van der Waals surface area (Å²) in [5, 5.41) is 8.76. The number of hydrogen-bond acceptors (Lipinski definition) is 3. The second-order valence-electron chi connectivity index (χ2n) is 3.92. The van der Waals surface area contributed by atoms with Crippen molar-refractivity contribution in [3.63, 3.8) is 0 Å². The predicted molar refractivity (Wildman–Crippen MR) is 61.1 cm³/mol. The molecule has 0 saturated carbocycles. The molecule has 0 amide bonds. The summed E-state index contributed by atoms with van der Waals surface area (Å²) >= 11 is 0. The van der Waals surface area contributed by atoms with E-state index in [0.29, 0.717) is 17.7 Å². The Morgan fingerprint density at radius 2 is 2.19 bits per heavy atom. The number of carboxylic acids is 1. The van der Waals surface area contributed by atoms with Crippen molar-refractivity contribution in [3.05, 3.63) is 29.3 Å². The SMILES string of the molecule is CC(C=O)Cc1ccc(N)cc1CC(=O)O. The van der Waals surface area contributed by atoms with Crippen LogP contribution >= 0.6 is 0 Å². The molecule has 16 heavy (non-hydrogen) atoms. The minimum absolute atomic E-state index is 0.0635. The minimum atomic E-state index is -0.898. The molecule has 1 unspecified atom stereocenters. The second kappa shape index (κ2) is 5.30. The zero-order valence-electron chi connectivity index (χ0n) is 9.14. The largest absolute Gasteiger partial charge is 0.481 e. The molecule has 86 valence electrons. The van der Waals surface area contributed by atoms with Crippen molar-refractivity contribution < 1.29 is 14.7 Å². The molecule has 0 saturated heterocycles. The van der Waals surface area contributed by atoms with E-state index in [4.69, 9.17) is 10.8 Å². The lowest BCUT2D eigenvalue weighted by atomic mass is 9.95. The highest BCUT2D eigenvalue weighted by Gasteiger charge is 2.10. The Labute approximate surface area is 94.1 Å². The summed E-state index contributed by atoms with van der Waals surface area (Å²) in [4.78, 5) is 21.2. The predicted octanol–water partition coefficient (Wildman–Crippen LogP) is 1.27. The maximum absolute atomic E-state index is 10.7. The van der Waals surface area contributed by atoms with Gasteiger partial charge in [-0.05, 0) is 29.7 Å². The van der Waals surface area contributed by atoms with Crippen LogP contribution in [0.25, 0.3) is 0 Å². The minimum Gasteiger partial charge on any atom is -0.481 e. The lowest BCUT2D eigenvalue weighted by Gasteiger charge is -2.10. The molecule has 0 aromatic heterocycles. The van der Waals surface area contributed by atoms with Crippen LogP contribution in [0.2, 0.25) is 0 Å². The van der Waals surface area contributed by atoms with Crippen LogP contribution in [0, 0.1) is 5.92 Å². The molecular formula is C12H15NO3. The molecule has 1 atom stereocenters. The van der Waals surface area contributed by atoms with Gasteiger partial charge in [0.2, 0.25) is 0 Å². The maximum Gasteiger partial charge on any atom is 0.307 e. The topological polar surface area (TPSA) is 80.4 Å². The van der Waals surface area contributed by atoms with Gasteiger partial charge >= 0.3 is 5.97 Å². The van der Waals surface area contributed by atoms with Crippen LogP contribution < -0.4 is 5.73 Å². The fourth-order valence-corrected chi connectivity index (χ4v) is 1.57. The van der Waals surface area contributed by atoms with Crippen molar-refractivity contribution in [3.8, 4) is 0 Å². The van der Waals surface area contributed by atoms with Gasteiger partial charge in [-0.15, -0.1) is 0 Å². The first kappa shape index (κ1) is 12.2. The molecule has 0 aliphatic heterocycles. The molecule has 0 fully saturated rings. The Hall–Kier alpha value is -1.84. The molecule has 0 aliphatic rings. The monoisotopic (exact) mass is 221 g/mol. The van der Waals surface area contributed by atoms with Gasteiger partial charge in [0.15, 0.2) is 0 Å². The highest BCUT2D eigenvalue weighted by molar-refractivity contribution is 5.71. The van der Waals surface area contributed by atoms with Crippen LogP contribution in [-0.4, -0.2) is 17.4 Å². The van der Waals surface area contributed by atoms with Gasteiger partial charge in [-0.2, -0.15) is 0 Å². The van der Waals surface area contributed by atoms with Crippen molar-refractivity contribution in [2.75, 3.05) is 5.73 Å². The number of carboxylic acid groups (broad SMARTS) is 1. The molecule has 4 nitrogen and oxygen atoms in total. The third-order valence-corrected chi connectivity index (χ3v) is 2.35. The van der Waals surface area contributed by atoms with E-state index < -0.39 is 5.97 Å². The summed E-state index contributed by atoms with van der Waals surface area (Å²) in [6.07, 6.45) is 1.35. The van der Waals surface area contributed by atoms with E-state index in [0.717, 1.165) is 11.8 Å². The van der Waals surface area contributed by atoms with Crippen LogP contribution in [0.4, 0.5) is 5.69 Å². The number of anilines is 1. The lowest BCUT2D eigenvalue weighted by Crippen LogP contribution is -2.08. The van der Waals surface area contributed by atoms with E-state index in [9.17, 15) is 9.59 Å². The highest BCUT2D eigenvalue weighted by Crippen LogP contribution is 2.17. The lowest BCUT2D eigenvalue weighted by molar-refractivity contribution is -0.136. The summed E-state index contributed by atoms with van der Waals surface area (Å²) in [6, 6.07) is 5.16. The van der Waals surface area contributed by atoms with Crippen molar-refractivity contribution in [1.82, 2.24) is 0 Å². The zero-order valence-corrected chi connectivity index (χ0v) is 9.14. The Bertz CT molecular complexity index is 401. The van der Waals surface area contributed by atoms with Crippen molar-refractivity contribution in [1.29, 1.82) is 0 Å². The first-order valence-electron chi connectivity index (χ1n) is 5.07. The van der Waals surface area contributed by atoms with Crippen LogP contribution in [0.3, 0.4) is 0 Å². The number of hydrogen-bond donors (Lipinski definition) is 2. The van der Waals surface area contributed by atoms with Crippen molar-refractivity contribution >= 4 is 17.9 Å². The van der Waals surface area contributed by atoms with E-state index in [2.05, 4.69) is 0 Å². The molecule has 0 spiro atoms. The number of carbonyl (C=O) groups excluding carboxylic acids is 1. The third kappa shape index (κ3) is 3.38. The molecule has 0 heterocycles. The van der Waals surface area contributed by atoms with Crippen LogP contribution in [0.15, 0.2) is 18.2 Å². The summed E-state index contributed by atoms with van der Waals surface area (Å²) < 4.78 is 0. The smallest absolute Gasteiger partial charge is 0.307 e. The van der Waals surface area contributed by atoms with Gasteiger partial charge in [0.25, 0.3) is 0 Å². The summed E-state index contributed by atoms with van der Waals surface area (Å²) in [6.45, 7) is 1.80. The first-order valence-corrected chi connectivity index (χ1v) is 5.07. The van der Waals surface area contributed by atoms with Crippen LogP contribution in [0.1, 0.15) is 18.1 Å². The fraction of sp³-hybridized carbons (Fsp3) is 0.333. The first-order chi connectivity index (χ1) is 7.52. The Balaban J connectivity index is 2.97. The molecule has 1 rings (SSSR count). The number of carbonyl (C=O) groups is 2. The van der Waals surface area contributed by atoms with Crippen molar-refractivity contribution in [2.24, 2.45) is 5.92 Å². The number of nitrogen functional groups attached to an aromatic ring is 1. The van der Waals surface area contributed by atoms with Gasteiger partial charge in [-0.3, -0.25) is 4.79 Å². The Morgan fingerprint density at radius 3 is 2.75 bits per heavy atom. The second-order valence-corrected chi connectivity index (χ2v) is 3.92. The Morgan fingerprint density at radius 1 is 1.50 bits per heavy atom. The average molecular weight is 221 g/mol. The van der Waals surface area contributed by atoms with Crippen molar-refractivity contribution in [2.45, 2.75) is 19.8 Å². The standard InChI is InChI=1S/C12H15NO3/c1-8(7-14)4-9-2-3-11(13)5-10(9)6-12(15)16/h2-3,5,7-8H,4,6,13H2,1H3,(H,15,16). The van der Waals surface area contributed by atoms with E-state index in [-0.39, 0.29) is 12.3 Å².